The van der Waals surface area contributed by atoms with Crippen LogP contribution in [0.4, 0.5) is 5.69 Å². The zero-order chi connectivity index (χ0) is 18.2. The summed E-state index contributed by atoms with van der Waals surface area (Å²) in [6.45, 7) is 10.6. The van der Waals surface area contributed by atoms with Gasteiger partial charge in [0.25, 0.3) is 0 Å². The van der Waals surface area contributed by atoms with E-state index in [4.69, 9.17) is 17.0 Å². The lowest BCUT2D eigenvalue weighted by molar-refractivity contribution is 0.363. The van der Waals surface area contributed by atoms with Crippen molar-refractivity contribution in [3.05, 3.63) is 71.8 Å². The Kier molecular flexibility index (Phi) is 7.02. The standard InChI is InChI=1S/C21H26N2OS/c1-5-13-24-19-11-9-18(10-12-19)22-21(25)23-20(6-2)17-8-7-15(3)16(4)14-17/h5,7-12,14,20H,1,6,13H2,2-4H3,(H2,22,23,25)/t20-/m0/s1. The van der Waals surface area contributed by atoms with Crippen molar-refractivity contribution in [2.45, 2.75) is 33.2 Å². The Bertz CT molecular complexity index is 725. The second-order valence-electron chi connectivity index (χ2n) is 6.03. The van der Waals surface area contributed by atoms with Crippen LogP contribution in [0.5, 0.6) is 5.75 Å². The lowest BCUT2D eigenvalue weighted by Gasteiger charge is -2.21. The van der Waals surface area contributed by atoms with Crippen LogP contribution < -0.4 is 15.4 Å². The molecule has 0 saturated heterocycles. The minimum Gasteiger partial charge on any atom is -0.490 e. The normalized spacial score (nSPS) is 11.5. The fourth-order valence-electron chi connectivity index (χ4n) is 2.52. The zero-order valence-electron chi connectivity index (χ0n) is 15.1. The lowest BCUT2D eigenvalue weighted by atomic mass is 9.99. The molecule has 0 aliphatic rings. The van der Waals surface area contributed by atoms with E-state index in [2.05, 4.69) is 56.2 Å². The van der Waals surface area contributed by atoms with E-state index in [1.807, 2.05) is 24.3 Å². The van der Waals surface area contributed by atoms with Crippen LogP contribution in [0, 0.1) is 13.8 Å². The second-order valence-corrected chi connectivity index (χ2v) is 6.44. The first-order chi connectivity index (χ1) is 12.0. The Hall–Kier alpha value is -2.33. The van der Waals surface area contributed by atoms with Crippen molar-refractivity contribution in [1.29, 1.82) is 0 Å². The van der Waals surface area contributed by atoms with Crippen LogP contribution in [0.3, 0.4) is 0 Å². The first-order valence-electron chi connectivity index (χ1n) is 8.52. The third-order valence-electron chi connectivity index (χ3n) is 4.13. The molecule has 25 heavy (non-hydrogen) atoms. The monoisotopic (exact) mass is 354 g/mol. The summed E-state index contributed by atoms with van der Waals surface area (Å²) < 4.78 is 5.48. The van der Waals surface area contributed by atoms with Crippen molar-refractivity contribution in [3.63, 3.8) is 0 Å². The van der Waals surface area contributed by atoms with Crippen molar-refractivity contribution in [1.82, 2.24) is 5.32 Å². The van der Waals surface area contributed by atoms with Gasteiger partial charge in [-0.15, -0.1) is 0 Å². The van der Waals surface area contributed by atoms with Gasteiger partial charge in [0.05, 0.1) is 6.04 Å². The molecule has 2 N–H and O–H groups in total. The van der Waals surface area contributed by atoms with E-state index in [1.165, 1.54) is 16.7 Å². The van der Waals surface area contributed by atoms with E-state index in [-0.39, 0.29) is 6.04 Å². The third-order valence-corrected chi connectivity index (χ3v) is 4.35. The van der Waals surface area contributed by atoms with Crippen molar-refractivity contribution in [2.75, 3.05) is 11.9 Å². The van der Waals surface area contributed by atoms with Crippen LogP contribution in [-0.2, 0) is 0 Å². The molecule has 2 aromatic carbocycles. The zero-order valence-corrected chi connectivity index (χ0v) is 16.0. The molecule has 1 atom stereocenters. The molecule has 0 bridgehead atoms. The molecule has 0 heterocycles. The van der Waals surface area contributed by atoms with Crippen molar-refractivity contribution in [2.24, 2.45) is 0 Å². The van der Waals surface area contributed by atoms with Gasteiger partial charge in [-0.1, -0.05) is 37.8 Å². The molecule has 3 nitrogen and oxygen atoms in total. The molecule has 0 saturated carbocycles. The molecule has 0 amide bonds. The van der Waals surface area contributed by atoms with Gasteiger partial charge >= 0.3 is 0 Å². The lowest BCUT2D eigenvalue weighted by Crippen LogP contribution is -2.32. The second kappa shape index (κ2) is 9.23. The number of thiocarbonyl (C=S) groups is 1. The summed E-state index contributed by atoms with van der Waals surface area (Å²) in [5, 5.41) is 7.25. The van der Waals surface area contributed by atoms with E-state index >= 15 is 0 Å². The van der Waals surface area contributed by atoms with E-state index < -0.39 is 0 Å². The number of anilines is 1. The van der Waals surface area contributed by atoms with Crippen molar-refractivity contribution >= 4 is 23.0 Å². The first-order valence-corrected chi connectivity index (χ1v) is 8.92. The molecule has 132 valence electrons. The van der Waals surface area contributed by atoms with Gasteiger partial charge in [-0.05, 0) is 73.4 Å². The summed E-state index contributed by atoms with van der Waals surface area (Å²) >= 11 is 5.47. The Morgan fingerprint density at radius 1 is 1.16 bits per heavy atom. The number of hydrogen-bond acceptors (Lipinski definition) is 2. The van der Waals surface area contributed by atoms with Crippen LogP contribution in [-0.4, -0.2) is 11.7 Å². The predicted molar refractivity (Wildman–Crippen MR) is 110 cm³/mol. The Balaban J connectivity index is 1.97. The molecule has 2 aromatic rings. The maximum Gasteiger partial charge on any atom is 0.171 e. The number of rotatable bonds is 7. The third kappa shape index (κ3) is 5.61. The summed E-state index contributed by atoms with van der Waals surface area (Å²) in [7, 11) is 0. The highest BCUT2D eigenvalue weighted by molar-refractivity contribution is 7.80. The van der Waals surface area contributed by atoms with Gasteiger partial charge in [-0.3, -0.25) is 0 Å². The van der Waals surface area contributed by atoms with Crippen LogP contribution in [0.25, 0.3) is 0 Å². The molecule has 0 fully saturated rings. The molecule has 0 spiro atoms. The summed E-state index contributed by atoms with van der Waals surface area (Å²) in [5.41, 5.74) is 4.78. The Morgan fingerprint density at radius 3 is 2.48 bits per heavy atom. The topological polar surface area (TPSA) is 33.3 Å². The first kappa shape index (κ1) is 19.0. The van der Waals surface area contributed by atoms with Gasteiger partial charge in [0.1, 0.15) is 12.4 Å². The molecular formula is C21H26N2OS. The summed E-state index contributed by atoms with van der Waals surface area (Å²) in [6.07, 6.45) is 2.68. The number of nitrogens with one attached hydrogen (secondary N) is 2. The molecule has 0 unspecified atom stereocenters. The molecule has 0 aliphatic carbocycles. The Labute approximate surface area is 156 Å². The van der Waals surface area contributed by atoms with Crippen LogP contribution in [0.15, 0.2) is 55.1 Å². The largest absolute Gasteiger partial charge is 0.490 e. The highest BCUT2D eigenvalue weighted by atomic mass is 32.1. The minimum atomic E-state index is 0.189. The average molecular weight is 355 g/mol. The smallest absolute Gasteiger partial charge is 0.171 e. The molecule has 0 aliphatic heterocycles. The summed E-state index contributed by atoms with van der Waals surface area (Å²) in [6, 6.07) is 14.5. The predicted octanol–water partition coefficient (Wildman–Crippen LogP) is 5.31. The highest BCUT2D eigenvalue weighted by Crippen LogP contribution is 2.20. The van der Waals surface area contributed by atoms with E-state index in [0.717, 1.165) is 17.9 Å². The number of hydrogen-bond donors (Lipinski definition) is 2. The maximum atomic E-state index is 5.48. The number of ether oxygens (including phenoxy) is 1. The van der Waals surface area contributed by atoms with Gasteiger partial charge in [0.15, 0.2) is 5.11 Å². The van der Waals surface area contributed by atoms with Gasteiger partial charge < -0.3 is 15.4 Å². The molecule has 0 aromatic heterocycles. The fraction of sp³-hybridized carbons (Fsp3) is 0.286. The fourth-order valence-corrected chi connectivity index (χ4v) is 2.78. The van der Waals surface area contributed by atoms with E-state index in [9.17, 15) is 0 Å². The average Bonchev–Trinajstić information content (AvgIpc) is 2.61. The van der Waals surface area contributed by atoms with Crippen molar-refractivity contribution in [3.8, 4) is 5.75 Å². The molecule has 4 heteroatoms. The maximum absolute atomic E-state index is 5.48. The van der Waals surface area contributed by atoms with Crippen LogP contribution in [0.1, 0.15) is 36.1 Å². The van der Waals surface area contributed by atoms with Gasteiger partial charge in [0, 0.05) is 5.69 Å². The quantitative estimate of drug-likeness (QED) is 0.522. The van der Waals surface area contributed by atoms with E-state index in [1.54, 1.807) is 6.08 Å². The Morgan fingerprint density at radius 2 is 1.88 bits per heavy atom. The van der Waals surface area contributed by atoms with Gasteiger partial charge in [0.2, 0.25) is 0 Å². The molecular weight excluding hydrogens is 328 g/mol. The molecule has 2 rings (SSSR count). The summed E-state index contributed by atoms with van der Waals surface area (Å²) in [4.78, 5) is 0. The van der Waals surface area contributed by atoms with Crippen LogP contribution in [0.2, 0.25) is 0 Å². The van der Waals surface area contributed by atoms with E-state index in [0.29, 0.717) is 11.7 Å². The van der Waals surface area contributed by atoms with Gasteiger partial charge in [-0.2, -0.15) is 0 Å². The van der Waals surface area contributed by atoms with Crippen LogP contribution >= 0.6 is 12.2 Å². The van der Waals surface area contributed by atoms with Crippen molar-refractivity contribution < 1.29 is 4.74 Å². The molecule has 0 radical (unpaired) electrons. The number of aryl methyl sites for hydroxylation is 2. The minimum absolute atomic E-state index is 0.189. The van der Waals surface area contributed by atoms with Gasteiger partial charge in [-0.25, -0.2) is 0 Å². The number of benzene rings is 2. The highest BCUT2D eigenvalue weighted by Gasteiger charge is 2.11. The SMILES string of the molecule is C=CCOc1ccc(NC(=S)N[C@@H](CC)c2ccc(C)c(C)c2)cc1. The summed E-state index contributed by atoms with van der Waals surface area (Å²) in [5.74, 6) is 0.811.